The molecular weight excluding hydrogens is 230 g/mol. The molecule has 0 amide bonds. The van der Waals surface area contributed by atoms with E-state index in [0.717, 1.165) is 24.3 Å². The molecule has 0 fully saturated rings. The van der Waals surface area contributed by atoms with Crippen molar-refractivity contribution in [2.45, 2.75) is 26.7 Å². The maximum Gasteiger partial charge on any atom is 0.119 e. The predicted molar refractivity (Wildman–Crippen MR) is 71.6 cm³/mol. The van der Waals surface area contributed by atoms with E-state index in [1.54, 1.807) is 0 Å². The molecule has 100 valence electrons. The van der Waals surface area contributed by atoms with Gasteiger partial charge in [0.05, 0.1) is 12.3 Å². The Balaban J connectivity index is 2.33. The van der Waals surface area contributed by atoms with Gasteiger partial charge in [0, 0.05) is 6.61 Å². The van der Waals surface area contributed by atoms with Crippen LogP contribution in [-0.2, 0) is 11.2 Å². The van der Waals surface area contributed by atoms with Gasteiger partial charge in [-0.05, 0) is 44.4 Å². The molecule has 1 N–H and O–H groups in total. The summed E-state index contributed by atoms with van der Waals surface area (Å²) < 4.78 is 10.7. The average Bonchev–Trinajstić information content (AvgIpc) is 2.42. The Morgan fingerprint density at radius 1 is 1.22 bits per heavy atom. The van der Waals surface area contributed by atoms with Crippen LogP contribution in [0, 0.1) is 0 Å². The lowest BCUT2D eigenvalue weighted by Gasteiger charge is -2.07. The summed E-state index contributed by atoms with van der Waals surface area (Å²) in [4.78, 5) is 0. The number of rotatable bonds is 8. The van der Waals surface area contributed by atoms with Crippen LogP contribution < -0.4 is 4.74 Å². The molecule has 1 rings (SSSR count). The van der Waals surface area contributed by atoms with Crippen molar-refractivity contribution in [2.24, 2.45) is 5.16 Å². The van der Waals surface area contributed by atoms with Gasteiger partial charge in [-0.15, -0.1) is 0 Å². The molecule has 0 heterocycles. The van der Waals surface area contributed by atoms with E-state index in [4.69, 9.17) is 14.7 Å². The van der Waals surface area contributed by atoms with Crippen molar-refractivity contribution >= 4 is 5.71 Å². The monoisotopic (exact) mass is 251 g/mol. The minimum atomic E-state index is 0.573. The number of oxime groups is 1. The van der Waals surface area contributed by atoms with E-state index >= 15 is 0 Å². The molecule has 0 saturated carbocycles. The van der Waals surface area contributed by atoms with Crippen LogP contribution in [0.3, 0.4) is 0 Å². The highest BCUT2D eigenvalue weighted by Crippen LogP contribution is 2.13. The SMILES string of the molecule is CCOCCOc1ccc(CC/C(C)=N/O)cc1. The van der Waals surface area contributed by atoms with Gasteiger partial charge >= 0.3 is 0 Å². The lowest BCUT2D eigenvalue weighted by molar-refractivity contribution is 0.110. The van der Waals surface area contributed by atoms with Gasteiger partial charge in [-0.2, -0.15) is 0 Å². The fourth-order valence-electron chi connectivity index (χ4n) is 1.49. The van der Waals surface area contributed by atoms with Gasteiger partial charge in [-0.25, -0.2) is 0 Å². The zero-order chi connectivity index (χ0) is 13.2. The number of benzene rings is 1. The summed E-state index contributed by atoms with van der Waals surface area (Å²) in [5, 5.41) is 11.7. The van der Waals surface area contributed by atoms with Crippen LogP contribution in [0.4, 0.5) is 0 Å². The quantitative estimate of drug-likeness (QED) is 0.334. The van der Waals surface area contributed by atoms with E-state index in [-0.39, 0.29) is 0 Å². The van der Waals surface area contributed by atoms with E-state index < -0.39 is 0 Å². The zero-order valence-electron chi connectivity index (χ0n) is 11.1. The molecule has 0 radical (unpaired) electrons. The standard InChI is InChI=1S/C14H21NO3/c1-3-17-10-11-18-14-8-6-13(7-9-14)5-4-12(2)15-16/h6-9,16H,3-5,10-11H2,1-2H3/b15-12+. The van der Waals surface area contributed by atoms with E-state index in [9.17, 15) is 0 Å². The molecule has 4 heteroatoms. The third kappa shape index (κ3) is 5.68. The molecule has 1 aromatic carbocycles. The Labute approximate surface area is 108 Å². The summed E-state index contributed by atoms with van der Waals surface area (Å²) in [6.45, 7) is 5.68. The Morgan fingerprint density at radius 3 is 2.56 bits per heavy atom. The average molecular weight is 251 g/mol. The summed E-state index contributed by atoms with van der Waals surface area (Å²) in [5.41, 5.74) is 1.95. The molecule has 1 aromatic rings. The van der Waals surface area contributed by atoms with Gasteiger partial charge < -0.3 is 14.7 Å². The molecule has 0 spiro atoms. The first-order valence-electron chi connectivity index (χ1n) is 6.23. The highest BCUT2D eigenvalue weighted by atomic mass is 16.5. The van der Waals surface area contributed by atoms with Gasteiger partial charge in [0.1, 0.15) is 12.4 Å². The van der Waals surface area contributed by atoms with Gasteiger partial charge in [0.2, 0.25) is 0 Å². The topological polar surface area (TPSA) is 51.0 Å². The molecule has 0 aromatic heterocycles. The van der Waals surface area contributed by atoms with Crippen LogP contribution in [0.15, 0.2) is 29.4 Å². The van der Waals surface area contributed by atoms with Crippen molar-refractivity contribution in [3.8, 4) is 5.75 Å². The summed E-state index contributed by atoms with van der Waals surface area (Å²) in [7, 11) is 0. The van der Waals surface area contributed by atoms with E-state index in [2.05, 4.69) is 5.16 Å². The van der Waals surface area contributed by atoms with Crippen LogP contribution in [0.2, 0.25) is 0 Å². The molecule has 0 aliphatic heterocycles. The second-order valence-electron chi connectivity index (χ2n) is 4.02. The Hall–Kier alpha value is -1.55. The molecule has 0 bridgehead atoms. The molecular formula is C14H21NO3. The highest BCUT2D eigenvalue weighted by molar-refractivity contribution is 5.81. The van der Waals surface area contributed by atoms with Crippen molar-refractivity contribution in [2.75, 3.05) is 19.8 Å². The number of aryl methyl sites for hydroxylation is 1. The fraction of sp³-hybridized carbons (Fsp3) is 0.500. The lowest BCUT2D eigenvalue weighted by Crippen LogP contribution is -2.06. The van der Waals surface area contributed by atoms with Crippen LogP contribution in [0.5, 0.6) is 5.75 Å². The number of hydrogen-bond acceptors (Lipinski definition) is 4. The first kappa shape index (κ1) is 14.5. The Kier molecular flexibility index (Phi) is 6.87. The first-order chi connectivity index (χ1) is 8.76. The minimum absolute atomic E-state index is 0.573. The summed E-state index contributed by atoms with van der Waals surface area (Å²) in [5.74, 6) is 0.853. The fourth-order valence-corrected chi connectivity index (χ4v) is 1.49. The van der Waals surface area contributed by atoms with Crippen molar-refractivity contribution in [3.63, 3.8) is 0 Å². The Morgan fingerprint density at radius 2 is 1.94 bits per heavy atom. The number of ether oxygens (including phenoxy) is 2. The van der Waals surface area contributed by atoms with Crippen LogP contribution >= 0.6 is 0 Å². The molecule has 0 aliphatic carbocycles. The summed E-state index contributed by atoms with van der Waals surface area (Å²) in [6.07, 6.45) is 1.64. The maximum absolute atomic E-state index is 8.55. The smallest absolute Gasteiger partial charge is 0.119 e. The maximum atomic E-state index is 8.55. The largest absolute Gasteiger partial charge is 0.491 e. The van der Waals surface area contributed by atoms with E-state index in [1.807, 2.05) is 38.1 Å². The van der Waals surface area contributed by atoms with Crippen LogP contribution in [-0.4, -0.2) is 30.7 Å². The molecule has 0 unspecified atom stereocenters. The molecule has 0 saturated heterocycles. The van der Waals surface area contributed by atoms with Crippen molar-refractivity contribution in [3.05, 3.63) is 29.8 Å². The lowest BCUT2D eigenvalue weighted by atomic mass is 10.1. The highest BCUT2D eigenvalue weighted by Gasteiger charge is 1.98. The summed E-state index contributed by atoms with van der Waals surface area (Å²) >= 11 is 0. The second-order valence-corrected chi connectivity index (χ2v) is 4.02. The van der Waals surface area contributed by atoms with Crippen molar-refractivity contribution < 1.29 is 14.7 Å². The Bertz CT molecular complexity index is 360. The van der Waals surface area contributed by atoms with Gasteiger partial charge in [0.15, 0.2) is 0 Å². The molecule has 18 heavy (non-hydrogen) atoms. The predicted octanol–water partition coefficient (Wildman–Crippen LogP) is 2.88. The normalized spacial score (nSPS) is 11.6. The minimum Gasteiger partial charge on any atom is -0.491 e. The van der Waals surface area contributed by atoms with Gasteiger partial charge in [0.25, 0.3) is 0 Å². The van der Waals surface area contributed by atoms with Crippen LogP contribution in [0.1, 0.15) is 25.8 Å². The summed E-state index contributed by atoms with van der Waals surface area (Å²) in [6, 6.07) is 7.96. The third-order valence-electron chi connectivity index (χ3n) is 2.57. The van der Waals surface area contributed by atoms with Gasteiger partial charge in [-0.1, -0.05) is 17.3 Å². The molecule has 0 aliphatic rings. The number of nitrogens with zero attached hydrogens (tertiary/aromatic N) is 1. The van der Waals surface area contributed by atoms with E-state index in [1.165, 1.54) is 5.56 Å². The van der Waals surface area contributed by atoms with E-state index in [0.29, 0.717) is 19.8 Å². The zero-order valence-corrected chi connectivity index (χ0v) is 11.1. The number of hydrogen-bond donors (Lipinski definition) is 1. The van der Waals surface area contributed by atoms with Crippen LogP contribution in [0.25, 0.3) is 0 Å². The van der Waals surface area contributed by atoms with Crippen molar-refractivity contribution in [1.29, 1.82) is 0 Å². The first-order valence-corrected chi connectivity index (χ1v) is 6.23. The van der Waals surface area contributed by atoms with Gasteiger partial charge in [-0.3, -0.25) is 0 Å². The third-order valence-corrected chi connectivity index (χ3v) is 2.57. The molecule has 4 nitrogen and oxygen atoms in total. The molecule has 0 atom stereocenters. The van der Waals surface area contributed by atoms with Crippen molar-refractivity contribution in [1.82, 2.24) is 0 Å². The second kappa shape index (κ2) is 8.53.